The monoisotopic (exact) mass is 255 g/mol. The summed E-state index contributed by atoms with van der Waals surface area (Å²) in [7, 11) is 0. The van der Waals surface area contributed by atoms with E-state index in [4.69, 9.17) is 9.84 Å². The van der Waals surface area contributed by atoms with Gasteiger partial charge in [0.05, 0.1) is 12.0 Å². The zero-order valence-electron chi connectivity index (χ0n) is 11.2. The topological polar surface area (TPSA) is 66.8 Å². The highest BCUT2D eigenvalue weighted by molar-refractivity contribution is 5.74. The summed E-state index contributed by atoms with van der Waals surface area (Å²) >= 11 is 0. The molecule has 1 amide bonds. The third-order valence-electron chi connectivity index (χ3n) is 3.83. The molecule has 5 heteroatoms. The van der Waals surface area contributed by atoms with Gasteiger partial charge in [-0.15, -0.1) is 0 Å². The molecule has 18 heavy (non-hydrogen) atoms. The smallest absolute Gasteiger partial charge is 0.411 e. The summed E-state index contributed by atoms with van der Waals surface area (Å²) in [5.41, 5.74) is -1.04. The van der Waals surface area contributed by atoms with Crippen molar-refractivity contribution >= 4 is 12.1 Å². The standard InChI is InChI=1S/C13H21NO4/c1-12(2,3)18-11(17)14-9-4-6-13(14,7-5-9)8-10(15)16/h9H,4-8H2,1-3H3,(H,15,16). The highest BCUT2D eigenvalue weighted by Gasteiger charge is 2.55. The lowest BCUT2D eigenvalue weighted by Crippen LogP contribution is -2.48. The Balaban J connectivity index is 2.16. The summed E-state index contributed by atoms with van der Waals surface area (Å²) in [6.45, 7) is 5.48. The molecule has 2 aliphatic heterocycles. The van der Waals surface area contributed by atoms with Crippen LogP contribution in [0.2, 0.25) is 0 Å². The fourth-order valence-electron chi connectivity index (χ4n) is 3.22. The lowest BCUT2D eigenvalue weighted by Gasteiger charge is -2.35. The lowest BCUT2D eigenvalue weighted by atomic mass is 9.85. The van der Waals surface area contributed by atoms with Gasteiger partial charge < -0.3 is 9.84 Å². The van der Waals surface area contributed by atoms with Crippen molar-refractivity contribution in [1.82, 2.24) is 4.90 Å². The van der Waals surface area contributed by atoms with Crippen molar-refractivity contribution in [1.29, 1.82) is 0 Å². The molecule has 102 valence electrons. The lowest BCUT2D eigenvalue weighted by molar-refractivity contribution is -0.139. The first-order chi connectivity index (χ1) is 8.23. The minimum Gasteiger partial charge on any atom is -0.481 e. The van der Waals surface area contributed by atoms with Crippen molar-refractivity contribution in [2.45, 2.75) is 70.1 Å². The number of carbonyl (C=O) groups is 2. The van der Waals surface area contributed by atoms with Crippen LogP contribution in [-0.4, -0.2) is 39.3 Å². The molecule has 0 aromatic rings. The van der Waals surface area contributed by atoms with Crippen LogP contribution in [-0.2, 0) is 9.53 Å². The Hall–Kier alpha value is -1.26. The molecule has 2 aliphatic rings. The zero-order valence-corrected chi connectivity index (χ0v) is 11.2. The fraction of sp³-hybridized carbons (Fsp3) is 0.846. The Morgan fingerprint density at radius 1 is 1.33 bits per heavy atom. The summed E-state index contributed by atoms with van der Waals surface area (Å²) in [4.78, 5) is 24.9. The maximum atomic E-state index is 12.2. The average Bonchev–Trinajstić information content (AvgIpc) is 2.67. The third-order valence-corrected chi connectivity index (χ3v) is 3.83. The first-order valence-electron chi connectivity index (χ1n) is 6.48. The second kappa shape index (κ2) is 4.14. The molecular formula is C13H21NO4. The molecule has 0 aliphatic carbocycles. The maximum absolute atomic E-state index is 12.2. The van der Waals surface area contributed by atoms with E-state index in [1.54, 1.807) is 4.90 Å². The predicted octanol–water partition coefficient (Wildman–Crippen LogP) is 2.39. The molecule has 2 fully saturated rings. The van der Waals surface area contributed by atoms with E-state index in [0.717, 1.165) is 25.7 Å². The number of aliphatic carboxylic acids is 1. The molecule has 2 rings (SSSR count). The minimum atomic E-state index is -0.842. The normalized spacial score (nSPS) is 30.6. The predicted molar refractivity (Wildman–Crippen MR) is 65.3 cm³/mol. The van der Waals surface area contributed by atoms with Crippen LogP contribution in [0.3, 0.4) is 0 Å². The minimum absolute atomic E-state index is 0.0305. The van der Waals surface area contributed by atoms with Crippen molar-refractivity contribution in [2.24, 2.45) is 0 Å². The molecule has 0 atom stereocenters. The number of fused-ring (bicyclic) bond motifs is 2. The van der Waals surface area contributed by atoms with Gasteiger partial charge in [-0.25, -0.2) is 4.79 Å². The van der Waals surface area contributed by atoms with E-state index in [2.05, 4.69) is 0 Å². The molecule has 0 radical (unpaired) electrons. The number of carboxylic acids is 1. The van der Waals surface area contributed by atoms with E-state index >= 15 is 0 Å². The van der Waals surface area contributed by atoms with Crippen molar-refractivity contribution < 1.29 is 19.4 Å². The van der Waals surface area contributed by atoms with E-state index in [1.165, 1.54) is 0 Å². The van der Waals surface area contributed by atoms with Gasteiger partial charge in [-0.1, -0.05) is 0 Å². The SMILES string of the molecule is CC(C)(C)OC(=O)N1C2CCC1(CC(=O)O)CC2. The summed E-state index contributed by atoms with van der Waals surface area (Å²) in [6, 6.07) is 0.166. The maximum Gasteiger partial charge on any atom is 0.411 e. The second-order valence-electron chi connectivity index (χ2n) is 6.38. The van der Waals surface area contributed by atoms with Crippen molar-refractivity contribution in [3.8, 4) is 0 Å². The number of carboxylic acid groups (broad SMARTS) is 1. The number of hydrogen-bond donors (Lipinski definition) is 1. The number of ether oxygens (including phenoxy) is 1. The Kier molecular flexibility index (Phi) is 3.03. The molecule has 2 saturated heterocycles. The Labute approximate surface area is 107 Å². The van der Waals surface area contributed by atoms with Crippen LogP contribution in [0.1, 0.15) is 52.9 Å². The van der Waals surface area contributed by atoms with Crippen molar-refractivity contribution in [2.75, 3.05) is 0 Å². The van der Waals surface area contributed by atoms with Crippen LogP contribution in [0, 0.1) is 0 Å². The molecule has 2 bridgehead atoms. The van der Waals surface area contributed by atoms with Gasteiger partial charge in [0.25, 0.3) is 0 Å². The zero-order chi connectivity index (χ0) is 13.6. The molecule has 0 spiro atoms. The van der Waals surface area contributed by atoms with Gasteiger partial charge in [0.1, 0.15) is 5.60 Å². The number of nitrogens with zero attached hydrogens (tertiary/aromatic N) is 1. The fourth-order valence-corrected chi connectivity index (χ4v) is 3.22. The first kappa shape index (κ1) is 13.2. The molecular weight excluding hydrogens is 234 g/mol. The summed E-state index contributed by atoms with van der Waals surface area (Å²) in [5.74, 6) is -0.842. The molecule has 0 aromatic heterocycles. The first-order valence-corrected chi connectivity index (χ1v) is 6.48. The van der Waals surface area contributed by atoms with Gasteiger partial charge in [-0.05, 0) is 46.5 Å². The van der Waals surface area contributed by atoms with Gasteiger partial charge in [0, 0.05) is 6.04 Å². The van der Waals surface area contributed by atoms with Gasteiger partial charge in [0.15, 0.2) is 0 Å². The van der Waals surface area contributed by atoms with Gasteiger partial charge >= 0.3 is 12.1 Å². The number of hydrogen-bond acceptors (Lipinski definition) is 3. The average molecular weight is 255 g/mol. The quantitative estimate of drug-likeness (QED) is 0.822. The van der Waals surface area contributed by atoms with Crippen LogP contribution in [0.5, 0.6) is 0 Å². The summed E-state index contributed by atoms with van der Waals surface area (Å²) < 4.78 is 5.40. The molecule has 5 nitrogen and oxygen atoms in total. The van der Waals surface area contributed by atoms with Gasteiger partial charge in [-0.2, -0.15) is 0 Å². The second-order valence-corrected chi connectivity index (χ2v) is 6.38. The van der Waals surface area contributed by atoms with Crippen LogP contribution in [0.4, 0.5) is 4.79 Å². The summed E-state index contributed by atoms with van der Waals surface area (Å²) in [5, 5.41) is 9.04. The Morgan fingerprint density at radius 2 is 1.89 bits per heavy atom. The molecule has 1 N–H and O–H groups in total. The molecule has 0 aromatic carbocycles. The van der Waals surface area contributed by atoms with E-state index in [-0.39, 0.29) is 18.6 Å². The molecule has 0 unspecified atom stereocenters. The van der Waals surface area contributed by atoms with Crippen molar-refractivity contribution in [3.63, 3.8) is 0 Å². The van der Waals surface area contributed by atoms with Crippen LogP contribution in [0.15, 0.2) is 0 Å². The van der Waals surface area contributed by atoms with Gasteiger partial charge in [-0.3, -0.25) is 9.69 Å². The van der Waals surface area contributed by atoms with E-state index in [9.17, 15) is 9.59 Å². The highest BCUT2D eigenvalue weighted by atomic mass is 16.6. The van der Waals surface area contributed by atoms with Crippen LogP contribution in [0.25, 0.3) is 0 Å². The number of rotatable bonds is 2. The Bertz CT molecular complexity index is 364. The van der Waals surface area contributed by atoms with Crippen molar-refractivity contribution in [3.05, 3.63) is 0 Å². The largest absolute Gasteiger partial charge is 0.481 e. The highest BCUT2D eigenvalue weighted by Crippen LogP contribution is 2.48. The van der Waals surface area contributed by atoms with Crippen LogP contribution < -0.4 is 0 Å². The Morgan fingerprint density at radius 3 is 2.33 bits per heavy atom. The van der Waals surface area contributed by atoms with E-state index in [0.29, 0.717) is 0 Å². The van der Waals surface area contributed by atoms with E-state index < -0.39 is 17.1 Å². The molecule has 0 saturated carbocycles. The number of amides is 1. The number of carbonyl (C=O) groups excluding carboxylic acids is 1. The summed E-state index contributed by atoms with van der Waals surface area (Å²) in [6.07, 6.45) is 3.03. The third kappa shape index (κ3) is 2.31. The van der Waals surface area contributed by atoms with Gasteiger partial charge in [0.2, 0.25) is 0 Å². The van der Waals surface area contributed by atoms with E-state index in [1.807, 2.05) is 20.8 Å². The molecule has 2 heterocycles. The van der Waals surface area contributed by atoms with Crippen LogP contribution >= 0.6 is 0 Å².